The van der Waals surface area contributed by atoms with Crippen LogP contribution in [0, 0.1) is 0 Å². The summed E-state index contributed by atoms with van der Waals surface area (Å²) in [7, 11) is 0. The first-order chi connectivity index (χ1) is 11.0. The number of amides is 1. The summed E-state index contributed by atoms with van der Waals surface area (Å²) in [6.45, 7) is 0. The number of nitrogens with zero attached hydrogens (tertiary/aromatic N) is 1. The van der Waals surface area contributed by atoms with Gasteiger partial charge in [0.25, 0.3) is 0 Å². The molecular formula is C18H15BrN2O2. The molecule has 0 unspecified atom stereocenters. The number of benzene rings is 2. The zero-order valence-corrected chi connectivity index (χ0v) is 13.8. The van der Waals surface area contributed by atoms with Crippen LogP contribution in [-0.2, 0) is 11.2 Å². The lowest BCUT2D eigenvalue weighted by Crippen LogP contribution is -2.16. The summed E-state index contributed by atoms with van der Waals surface area (Å²) in [5.74, 6) is -0.187. The van der Waals surface area contributed by atoms with Gasteiger partial charge in [-0.3, -0.25) is 4.79 Å². The van der Waals surface area contributed by atoms with Gasteiger partial charge in [0.2, 0.25) is 5.91 Å². The Labute approximate surface area is 142 Å². The monoisotopic (exact) mass is 370 g/mol. The third-order valence-corrected chi connectivity index (χ3v) is 4.09. The average molecular weight is 371 g/mol. The molecule has 2 aromatic carbocycles. The average Bonchev–Trinajstić information content (AvgIpc) is 2.92. The van der Waals surface area contributed by atoms with Crippen LogP contribution in [0.1, 0.15) is 5.69 Å². The molecule has 0 saturated carbocycles. The lowest BCUT2D eigenvalue weighted by atomic mass is 10.1. The summed E-state index contributed by atoms with van der Waals surface area (Å²) in [4.78, 5) is 11.4. The van der Waals surface area contributed by atoms with Crippen LogP contribution < -0.4 is 5.73 Å². The minimum atomic E-state index is -0.384. The van der Waals surface area contributed by atoms with E-state index >= 15 is 0 Å². The standard InChI is InChI=1S/C18H15BrN2O2/c19-13-3-1-12(2-4-13)17-10-7-15(11-18(20)23)21(17)14-5-8-16(22)9-6-14/h1-10,22H,11H2,(H2,20,23). The van der Waals surface area contributed by atoms with Crippen molar-refractivity contribution in [3.05, 3.63) is 70.8 Å². The number of nitrogens with two attached hydrogens (primary N) is 1. The summed E-state index contributed by atoms with van der Waals surface area (Å²) in [5.41, 5.74) is 9.02. The Hall–Kier alpha value is -2.53. The first kappa shape index (κ1) is 15.4. The molecule has 1 amide bonds. The quantitative estimate of drug-likeness (QED) is 0.735. The maximum absolute atomic E-state index is 11.4. The SMILES string of the molecule is NC(=O)Cc1ccc(-c2ccc(Br)cc2)n1-c1ccc(O)cc1. The number of aromatic hydroxyl groups is 1. The lowest BCUT2D eigenvalue weighted by molar-refractivity contribution is -0.117. The maximum Gasteiger partial charge on any atom is 0.223 e. The maximum atomic E-state index is 11.4. The van der Waals surface area contributed by atoms with Crippen molar-refractivity contribution in [1.29, 1.82) is 0 Å². The molecule has 0 fully saturated rings. The van der Waals surface area contributed by atoms with Crippen LogP contribution in [0.3, 0.4) is 0 Å². The number of carbonyl (C=O) groups is 1. The van der Waals surface area contributed by atoms with Crippen LogP contribution in [-0.4, -0.2) is 15.6 Å². The van der Waals surface area contributed by atoms with Gasteiger partial charge in [0, 0.05) is 15.9 Å². The molecule has 0 aliphatic carbocycles. The number of phenols is 1. The Morgan fingerprint density at radius 2 is 1.65 bits per heavy atom. The largest absolute Gasteiger partial charge is 0.508 e. The highest BCUT2D eigenvalue weighted by molar-refractivity contribution is 9.10. The third kappa shape index (κ3) is 3.29. The molecule has 4 nitrogen and oxygen atoms in total. The van der Waals surface area contributed by atoms with Gasteiger partial charge in [-0.2, -0.15) is 0 Å². The molecule has 0 aliphatic rings. The van der Waals surface area contributed by atoms with Gasteiger partial charge in [0.1, 0.15) is 5.75 Å². The molecule has 0 saturated heterocycles. The van der Waals surface area contributed by atoms with Gasteiger partial charge in [-0.1, -0.05) is 28.1 Å². The lowest BCUT2D eigenvalue weighted by Gasteiger charge is -2.14. The van der Waals surface area contributed by atoms with E-state index in [9.17, 15) is 9.90 Å². The van der Waals surface area contributed by atoms with E-state index < -0.39 is 0 Å². The van der Waals surface area contributed by atoms with Crippen molar-refractivity contribution >= 4 is 21.8 Å². The zero-order valence-electron chi connectivity index (χ0n) is 12.2. The minimum Gasteiger partial charge on any atom is -0.508 e. The summed E-state index contributed by atoms with van der Waals surface area (Å²) in [6, 6.07) is 18.7. The van der Waals surface area contributed by atoms with Crippen molar-refractivity contribution in [2.24, 2.45) is 5.73 Å². The van der Waals surface area contributed by atoms with Crippen molar-refractivity contribution in [3.8, 4) is 22.7 Å². The van der Waals surface area contributed by atoms with Crippen molar-refractivity contribution in [3.63, 3.8) is 0 Å². The fourth-order valence-corrected chi connectivity index (χ4v) is 2.81. The van der Waals surface area contributed by atoms with Gasteiger partial charge in [-0.15, -0.1) is 0 Å². The van der Waals surface area contributed by atoms with Crippen molar-refractivity contribution in [2.75, 3.05) is 0 Å². The number of primary amides is 1. The summed E-state index contributed by atoms with van der Waals surface area (Å²) in [5, 5.41) is 9.50. The van der Waals surface area contributed by atoms with Gasteiger partial charge < -0.3 is 15.4 Å². The van der Waals surface area contributed by atoms with Gasteiger partial charge in [-0.25, -0.2) is 0 Å². The van der Waals surface area contributed by atoms with E-state index in [0.717, 1.165) is 27.1 Å². The summed E-state index contributed by atoms with van der Waals surface area (Å²) >= 11 is 3.43. The van der Waals surface area contributed by atoms with E-state index in [4.69, 9.17) is 5.73 Å². The molecule has 1 heterocycles. The molecule has 0 spiro atoms. The molecule has 0 radical (unpaired) electrons. The highest BCUT2D eigenvalue weighted by Crippen LogP contribution is 2.28. The second kappa shape index (κ2) is 6.30. The fraction of sp³-hybridized carbons (Fsp3) is 0.0556. The van der Waals surface area contributed by atoms with E-state index in [-0.39, 0.29) is 18.1 Å². The zero-order chi connectivity index (χ0) is 16.4. The molecule has 0 bridgehead atoms. The molecule has 3 N–H and O–H groups in total. The molecule has 1 aromatic heterocycles. The number of halogens is 1. The van der Waals surface area contributed by atoms with Gasteiger partial charge in [0.05, 0.1) is 12.1 Å². The van der Waals surface area contributed by atoms with Crippen LogP contribution in [0.25, 0.3) is 16.9 Å². The highest BCUT2D eigenvalue weighted by atomic mass is 79.9. The molecule has 0 atom stereocenters. The molecule has 3 rings (SSSR count). The second-order valence-corrected chi connectivity index (χ2v) is 6.13. The predicted octanol–water partition coefficient (Wildman–Crippen LogP) is 3.64. The molecule has 116 valence electrons. The topological polar surface area (TPSA) is 68.2 Å². The van der Waals surface area contributed by atoms with Gasteiger partial charge in [-0.05, 0) is 54.1 Å². The Morgan fingerprint density at radius 3 is 2.26 bits per heavy atom. The Bertz CT molecular complexity index is 836. The van der Waals surface area contributed by atoms with Crippen molar-refractivity contribution in [2.45, 2.75) is 6.42 Å². The first-order valence-electron chi connectivity index (χ1n) is 7.09. The van der Waals surface area contributed by atoms with Crippen molar-refractivity contribution in [1.82, 2.24) is 4.57 Å². The number of hydrogen-bond acceptors (Lipinski definition) is 2. The molecule has 0 aliphatic heterocycles. The summed E-state index contributed by atoms with van der Waals surface area (Å²) in [6.07, 6.45) is 0.150. The fourth-order valence-electron chi connectivity index (χ4n) is 2.55. The normalized spacial score (nSPS) is 10.7. The molecule has 3 aromatic rings. The Balaban J connectivity index is 2.16. The van der Waals surface area contributed by atoms with Gasteiger partial charge in [0.15, 0.2) is 0 Å². The van der Waals surface area contributed by atoms with E-state index in [1.54, 1.807) is 12.1 Å². The van der Waals surface area contributed by atoms with Crippen molar-refractivity contribution < 1.29 is 9.90 Å². The van der Waals surface area contributed by atoms with E-state index in [1.165, 1.54) is 0 Å². The van der Waals surface area contributed by atoms with E-state index in [2.05, 4.69) is 15.9 Å². The van der Waals surface area contributed by atoms with Crippen LogP contribution in [0.4, 0.5) is 0 Å². The van der Waals surface area contributed by atoms with Crippen LogP contribution in [0.2, 0.25) is 0 Å². The number of rotatable bonds is 4. The number of carbonyl (C=O) groups excluding carboxylic acids is 1. The van der Waals surface area contributed by atoms with Gasteiger partial charge >= 0.3 is 0 Å². The number of aromatic nitrogens is 1. The molecule has 23 heavy (non-hydrogen) atoms. The second-order valence-electron chi connectivity index (χ2n) is 5.21. The number of phenolic OH excluding ortho intramolecular Hbond substituents is 1. The smallest absolute Gasteiger partial charge is 0.223 e. The summed E-state index contributed by atoms with van der Waals surface area (Å²) < 4.78 is 2.98. The Kier molecular flexibility index (Phi) is 4.21. The number of hydrogen-bond donors (Lipinski definition) is 2. The Morgan fingerprint density at radius 1 is 1.00 bits per heavy atom. The van der Waals surface area contributed by atoms with Crippen LogP contribution in [0.5, 0.6) is 5.75 Å². The van der Waals surface area contributed by atoms with Crippen LogP contribution >= 0.6 is 15.9 Å². The third-order valence-electron chi connectivity index (χ3n) is 3.56. The molecule has 5 heteroatoms. The predicted molar refractivity (Wildman–Crippen MR) is 93.5 cm³/mol. The first-order valence-corrected chi connectivity index (χ1v) is 7.88. The van der Waals surface area contributed by atoms with Crippen LogP contribution in [0.15, 0.2) is 65.1 Å². The highest BCUT2D eigenvalue weighted by Gasteiger charge is 2.13. The van der Waals surface area contributed by atoms with E-state index in [0.29, 0.717) is 0 Å². The molecular weight excluding hydrogens is 356 g/mol. The van der Waals surface area contributed by atoms with E-state index in [1.807, 2.05) is 53.1 Å². The minimum absolute atomic E-state index is 0.150.